The molecule has 4 nitrogen and oxygen atoms in total. The lowest BCUT2D eigenvalue weighted by atomic mass is 10.1. The van der Waals surface area contributed by atoms with Crippen LogP contribution in [0.4, 0.5) is 0 Å². The van der Waals surface area contributed by atoms with Crippen molar-refractivity contribution in [1.82, 2.24) is 9.97 Å². The van der Waals surface area contributed by atoms with Crippen LogP contribution in [0.15, 0.2) is 21.4 Å². The van der Waals surface area contributed by atoms with E-state index in [1.165, 1.54) is 0 Å². The summed E-state index contributed by atoms with van der Waals surface area (Å²) in [5.41, 5.74) is 1.79. The molecule has 5 heteroatoms. The molecule has 2 aromatic rings. The Morgan fingerprint density at radius 2 is 1.94 bits per heavy atom. The largest absolute Gasteiger partial charge is 0.323 e. The predicted molar refractivity (Wildman–Crippen MR) is 68.3 cm³/mol. The summed E-state index contributed by atoms with van der Waals surface area (Å²) in [5.74, 6) is 0.707. The van der Waals surface area contributed by atoms with E-state index >= 15 is 0 Å². The highest BCUT2D eigenvalue weighted by molar-refractivity contribution is 9.10. The Hall–Kier alpha value is -1.36. The van der Waals surface area contributed by atoms with Gasteiger partial charge in [-0.2, -0.15) is 0 Å². The number of carbonyl (C=O) groups is 1. The minimum absolute atomic E-state index is 0.142. The summed E-state index contributed by atoms with van der Waals surface area (Å²) in [5, 5.41) is 0. The zero-order chi connectivity index (χ0) is 12.0. The van der Waals surface area contributed by atoms with Crippen molar-refractivity contribution in [1.29, 1.82) is 0 Å². The Morgan fingerprint density at radius 1 is 1.29 bits per heavy atom. The molecule has 0 radical (unpaired) electrons. The van der Waals surface area contributed by atoms with Crippen LogP contribution in [0, 0.1) is 5.92 Å². The summed E-state index contributed by atoms with van der Waals surface area (Å²) in [4.78, 5) is 28.5. The summed E-state index contributed by atoms with van der Waals surface area (Å²) in [6.45, 7) is 0. The smallest absolute Gasteiger partial charge is 0.306 e. The second kappa shape index (κ2) is 3.84. The van der Waals surface area contributed by atoms with Gasteiger partial charge in [-0.1, -0.05) is 0 Å². The van der Waals surface area contributed by atoms with Crippen LogP contribution in [0.1, 0.15) is 29.6 Å². The lowest BCUT2D eigenvalue weighted by molar-refractivity contribution is 0.0975. The fourth-order valence-electron chi connectivity index (χ4n) is 1.96. The summed E-state index contributed by atoms with van der Waals surface area (Å²) in [6.07, 6.45) is 2.93. The van der Waals surface area contributed by atoms with Gasteiger partial charge in [-0.05, 0) is 46.8 Å². The first-order chi connectivity index (χ1) is 8.13. The van der Waals surface area contributed by atoms with E-state index in [9.17, 15) is 9.59 Å². The number of aromatic nitrogens is 2. The van der Waals surface area contributed by atoms with Gasteiger partial charge in [0, 0.05) is 16.5 Å². The van der Waals surface area contributed by atoms with Crippen LogP contribution in [-0.4, -0.2) is 15.8 Å². The number of rotatable bonds is 3. The molecule has 0 aliphatic heterocycles. The van der Waals surface area contributed by atoms with Gasteiger partial charge in [0.15, 0.2) is 5.78 Å². The monoisotopic (exact) mass is 294 g/mol. The van der Waals surface area contributed by atoms with Gasteiger partial charge in [-0.3, -0.25) is 4.79 Å². The maximum absolute atomic E-state index is 12.0. The Morgan fingerprint density at radius 3 is 2.59 bits per heavy atom. The molecule has 0 amide bonds. The van der Waals surface area contributed by atoms with Crippen LogP contribution in [0.5, 0.6) is 0 Å². The molecule has 0 unspecified atom stereocenters. The van der Waals surface area contributed by atoms with Gasteiger partial charge in [-0.25, -0.2) is 4.79 Å². The Bertz CT molecular complexity index is 652. The van der Waals surface area contributed by atoms with Crippen LogP contribution in [0.25, 0.3) is 11.0 Å². The molecular weight excluding hydrogens is 284 g/mol. The zero-order valence-electron chi connectivity index (χ0n) is 9.05. The molecule has 0 saturated heterocycles. The van der Waals surface area contributed by atoms with Crippen molar-refractivity contribution in [2.75, 3.05) is 0 Å². The molecule has 1 heterocycles. The zero-order valence-corrected chi connectivity index (χ0v) is 10.6. The number of H-pyrrole nitrogens is 2. The van der Waals surface area contributed by atoms with Crippen LogP contribution >= 0.6 is 15.9 Å². The van der Waals surface area contributed by atoms with Crippen molar-refractivity contribution in [2.24, 2.45) is 5.92 Å². The van der Waals surface area contributed by atoms with E-state index in [0.29, 0.717) is 28.9 Å². The standard InChI is InChI=1S/C12H11BrN2O2/c13-8-5-10-9(14-12(17)15-10)4-7(8)11(16)3-6-1-2-6/h4-6H,1-3H2,(H2,14,15,17). The molecular formula is C12H11BrN2O2. The van der Waals surface area contributed by atoms with E-state index < -0.39 is 0 Å². The predicted octanol–water partition coefficient (Wildman–Crippen LogP) is 2.60. The van der Waals surface area contributed by atoms with E-state index in [2.05, 4.69) is 25.9 Å². The highest BCUT2D eigenvalue weighted by Gasteiger charge is 2.26. The molecule has 0 bridgehead atoms. The minimum atomic E-state index is -0.251. The van der Waals surface area contributed by atoms with Gasteiger partial charge in [0.05, 0.1) is 11.0 Å². The van der Waals surface area contributed by atoms with E-state index in [1.807, 2.05) is 0 Å². The Balaban J connectivity index is 2.04. The van der Waals surface area contributed by atoms with Gasteiger partial charge >= 0.3 is 5.69 Å². The second-order valence-corrected chi connectivity index (χ2v) is 5.38. The number of hydrogen-bond acceptors (Lipinski definition) is 2. The van der Waals surface area contributed by atoms with Crippen molar-refractivity contribution in [3.05, 3.63) is 32.7 Å². The number of carbonyl (C=O) groups excluding carboxylic acids is 1. The molecule has 1 aliphatic carbocycles. The fourth-order valence-corrected chi connectivity index (χ4v) is 2.53. The first kappa shape index (κ1) is 10.8. The van der Waals surface area contributed by atoms with Gasteiger partial charge in [-0.15, -0.1) is 0 Å². The van der Waals surface area contributed by atoms with Gasteiger partial charge in [0.1, 0.15) is 0 Å². The van der Waals surface area contributed by atoms with Crippen molar-refractivity contribution < 1.29 is 4.79 Å². The number of fused-ring (bicyclic) bond motifs is 1. The number of benzene rings is 1. The van der Waals surface area contributed by atoms with Crippen molar-refractivity contribution in [2.45, 2.75) is 19.3 Å². The Kier molecular flexibility index (Phi) is 2.43. The Labute approximate surface area is 106 Å². The van der Waals surface area contributed by atoms with Crippen LogP contribution in [0.3, 0.4) is 0 Å². The molecule has 2 N–H and O–H groups in total. The maximum Gasteiger partial charge on any atom is 0.323 e. The topological polar surface area (TPSA) is 65.7 Å². The van der Waals surface area contributed by atoms with Crippen LogP contribution in [-0.2, 0) is 0 Å². The lowest BCUT2D eigenvalue weighted by Gasteiger charge is -2.03. The molecule has 0 atom stereocenters. The van der Waals surface area contributed by atoms with Gasteiger partial charge < -0.3 is 9.97 Å². The lowest BCUT2D eigenvalue weighted by Crippen LogP contribution is -2.01. The normalized spacial score (nSPS) is 15.4. The molecule has 17 heavy (non-hydrogen) atoms. The van der Waals surface area contributed by atoms with Gasteiger partial charge in [0.2, 0.25) is 0 Å². The molecule has 1 aromatic carbocycles. The summed E-state index contributed by atoms with van der Waals surface area (Å²) in [6, 6.07) is 3.51. The highest BCUT2D eigenvalue weighted by atomic mass is 79.9. The quantitative estimate of drug-likeness (QED) is 0.855. The average Bonchev–Trinajstić information content (AvgIpc) is 2.98. The SMILES string of the molecule is O=C(CC1CC1)c1cc2[nH]c(=O)[nH]c2cc1Br. The average molecular weight is 295 g/mol. The highest BCUT2D eigenvalue weighted by Crippen LogP contribution is 2.34. The first-order valence-corrected chi connectivity index (χ1v) is 6.37. The summed E-state index contributed by atoms with van der Waals surface area (Å²) >= 11 is 3.38. The second-order valence-electron chi connectivity index (χ2n) is 4.53. The molecule has 3 rings (SSSR count). The fraction of sp³-hybridized carbons (Fsp3) is 0.333. The van der Waals surface area contributed by atoms with Crippen LogP contribution in [0.2, 0.25) is 0 Å². The summed E-state index contributed by atoms with van der Waals surface area (Å²) in [7, 11) is 0. The van der Waals surface area contributed by atoms with Crippen molar-refractivity contribution in [3.8, 4) is 0 Å². The number of ketones is 1. The number of hydrogen-bond donors (Lipinski definition) is 2. The minimum Gasteiger partial charge on any atom is -0.306 e. The molecule has 88 valence electrons. The third kappa shape index (κ3) is 2.07. The number of halogens is 1. The third-order valence-corrected chi connectivity index (χ3v) is 3.73. The van der Waals surface area contributed by atoms with Gasteiger partial charge in [0.25, 0.3) is 0 Å². The maximum atomic E-state index is 12.0. The number of aromatic amines is 2. The first-order valence-electron chi connectivity index (χ1n) is 5.58. The van der Waals surface area contributed by atoms with Crippen molar-refractivity contribution in [3.63, 3.8) is 0 Å². The third-order valence-electron chi connectivity index (χ3n) is 3.08. The van der Waals surface area contributed by atoms with Crippen LogP contribution < -0.4 is 5.69 Å². The molecule has 1 aliphatic rings. The van der Waals surface area contributed by atoms with E-state index in [1.54, 1.807) is 12.1 Å². The van der Waals surface area contributed by atoms with Crippen molar-refractivity contribution >= 4 is 32.7 Å². The summed E-state index contributed by atoms with van der Waals surface area (Å²) < 4.78 is 0.742. The molecule has 1 saturated carbocycles. The molecule has 0 spiro atoms. The number of Topliss-reactive ketones (excluding diaryl/α,β-unsaturated/α-hetero) is 1. The van der Waals surface area contributed by atoms with E-state index in [-0.39, 0.29) is 11.5 Å². The number of imidazole rings is 1. The molecule has 1 aromatic heterocycles. The molecule has 1 fully saturated rings. The number of nitrogens with one attached hydrogen (secondary N) is 2. The van der Waals surface area contributed by atoms with E-state index in [4.69, 9.17) is 0 Å². The van der Waals surface area contributed by atoms with E-state index in [0.717, 1.165) is 17.3 Å².